The zero-order chi connectivity index (χ0) is 10.0. The van der Waals surface area contributed by atoms with Gasteiger partial charge in [0.1, 0.15) is 11.4 Å². The number of carboxylic acid groups (broad SMARTS) is 1. The van der Waals surface area contributed by atoms with Crippen molar-refractivity contribution in [2.24, 2.45) is 0 Å². The molecule has 0 atom stereocenters. The summed E-state index contributed by atoms with van der Waals surface area (Å²) in [6.45, 7) is 0. The van der Waals surface area contributed by atoms with Gasteiger partial charge >= 0.3 is 5.97 Å². The van der Waals surface area contributed by atoms with E-state index in [1.807, 2.05) is 0 Å². The van der Waals surface area contributed by atoms with E-state index >= 15 is 0 Å². The van der Waals surface area contributed by atoms with Crippen molar-refractivity contribution in [2.75, 3.05) is 7.11 Å². The molecule has 0 heterocycles. The van der Waals surface area contributed by atoms with Crippen LogP contribution in [-0.2, 0) is 0 Å². The summed E-state index contributed by atoms with van der Waals surface area (Å²) in [7, 11) is 1.28. The van der Waals surface area contributed by atoms with Crippen molar-refractivity contribution >= 4 is 21.9 Å². The summed E-state index contributed by atoms with van der Waals surface area (Å²) in [6.07, 6.45) is 0. The van der Waals surface area contributed by atoms with Crippen LogP contribution >= 0.6 is 15.9 Å². The molecule has 0 amide bonds. The van der Waals surface area contributed by atoms with Crippen LogP contribution in [0.4, 0.5) is 4.39 Å². The Kier molecular flexibility index (Phi) is 2.87. The summed E-state index contributed by atoms with van der Waals surface area (Å²) in [5.74, 6) is -1.72. The summed E-state index contributed by atoms with van der Waals surface area (Å²) in [6, 6.07) is 2.22. The lowest BCUT2D eigenvalue weighted by molar-refractivity contribution is 0.0693. The van der Waals surface area contributed by atoms with Gasteiger partial charge in [0, 0.05) is 0 Å². The van der Waals surface area contributed by atoms with Crippen LogP contribution in [0.5, 0.6) is 5.75 Å². The molecule has 0 saturated carbocycles. The van der Waals surface area contributed by atoms with Gasteiger partial charge in [-0.15, -0.1) is 0 Å². The first-order valence-corrected chi connectivity index (χ1v) is 4.12. The highest BCUT2D eigenvalue weighted by molar-refractivity contribution is 9.10. The number of hydrogen-bond acceptors (Lipinski definition) is 2. The number of methoxy groups -OCH3 is 1. The van der Waals surface area contributed by atoms with Gasteiger partial charge in [0.05, 0.1) is 11.6 Å². The molecule has 0 fully saturated rings. The second kappa shape index (κ2) is 3.74. The van der Waals surface area contributed by atoms with Gasteiger partial charge in [0.2, 0.25) is 0 Å². The molecule has 0 aliphatic heterocycles. The molecule has 0 aliphatic rings. The number of aromatic carboxylic acids is 1. The topological polar surface area (TPSA) is 46.5 Å². The SMILES string of the molecule is COc1c(C(=O)O)ccc(F)c1Br. The van der Waals surface area contributed by atoms with Crippen molar-refractivity contribution in [1.29, 1.82) is 0 Å². The summed E-state index contributed by atoms with van der Waals surface area (Å²) >= 11 is 2.90. The van der Waals surface area contributed by atoms with Crippen molar-refractivity contribution in [3.05, 3.63) is 28.0 Å². The minimum absolute atomic E-state index is 0.00694. The summed E-state index contributed by atoms with van der Waals surface area (Å²) in [5.41, 5.74) is -0.0734. The molecule has 0 spiro atoms. The van der Waals surface area contributed by atoms with Gasteiger partial charge < -0.3 is 9.84 Å². The lowest BCUT2D eigenvalue weighted by atomic mass is 10.2. The Morgan fingerprint density at radius 1 is 1.62 bits per heavy atom. The second-order valence-electron chi connectivity index (χ2n) is 2.25. The largest absolute Gasteiger partial charge is 0.495 e. The molecule has 1 aromatic carbocycles. The Labute approximate surface area is 82.3 Å². The molecular weight excluding hydrogens is 243 g/mol. The smallest absolute Gasteiger partial charge is 0.339 e. The number of benzene rings is 1. The monoisotopic (exact) mass is 248 g/mol. The Hall–Kier alpha value is -1.10. The van der Waals surface area contributed by atoms with Crippen molar-refractivity contribution in [3.8, 4) is 5.75 Å². The van der Waals surface area contributed by atoms with Crippen molar-refractivity contribution < 1.29 is 19.0 Å². The van der Waals surface area contributed by atoms with Gasteiger partial charge in [-0.2, -0.15) is 0 Å². The van der Waals surface area contributed by atoms with Gasteiger partial charge in [-0.1, -0.05) is 0 Å². The minimum Gasteiger partial charge on any atom is -0.495 e. The van der Waals surface area contributed by atoms with E-state index in [2.05, 4.69) is 15.9 Å². The standard InChI is InChI=1S/C8H6BrFO3/c1-13-7-4(8(11)12)2-3-5(10)6(7)9/h2-3H,1H3,(H,11,12). The van der Waals surface area contributed by atoms with Crippen LogP contribution in [-0.4, -0.2) is 18.2 Å². The van der Waals surface area contributed by atoms with E-state index in [9.17, 15) is 9.18 Å². The van der Waals surface area contributed by atoms with Gasteiger partial charge in [0.15, 0.2) is 5.75 Å². The first-order valence-electron chi connectivity index (χ1n) is 3.33. The highest BCUT2D eigenvalue weighted by atomic mass is 79.9. The fourth-order valence-corrected chi connectivity index (χ4v) is 1.41. The van der Waals surface area contributed by atoms with Crippen LogP contribution in [0.2, 0.25) is 0 Å². The van der Waals surface area contributed by atoms with Gasteiger partial charge in [-0.05, 0) is 28.1 Å². The summed E-state index contributed by atoms with van der Waals surface area (Å²) < 4.78 is 17.7. The molecule has 70 valence electrons. The Morgan fingerprint density at radius 2 is 2.23 bits per heavy atom. The van der Waals surface area contributed by atoms with E-state index in [0.29, 0.717) is 0 Å². The van der Waals surface area contributed by atoms with Gasteiger partial charge in [0.25, 0.3) is 0 Å². The van der Waals surface area contributed by atoms with Crippen LogP contribution in [0.1, 0.15) is 10.4 Å². The Balaban J connectivity index is 3.38. The summed E-state index contributed by atoms with van der Waals surface area (Å²) in [4.78, 5) is 10.6. The Morgan fingerprint density at radius 3 is 2.69 bits per heavy atom. The minimum atomic E-state index is -1.16. The fourth-order valence-electron chi connectivity index (χ4n) is 0.900. The molecule has 0 bridgehead atoms. The first-order chi connectivity index (χ1) is 6.07. The third-order valence-electron chi connectivity index (χ3n) is 1.48. The molecule has 1 aromatic rings. The molecule has 3 nitrogen and oxygen atoms in total. The zero-order valence-electron chi connectivity index (χ0n) is 6.67. The van der Waals surface area contributed by atoms with E-state index in [1.54, 1.807) is 0 Å². The second-order valence-corrected chi connectivity index (χ2v) is 3.04. The molecule has 0 aromatic heterocycles. The maximum atomic E-state index is 12.9. The van der Waals surface area contributed by atoms with Crippen molar-refractivity contribution in [2.45, 2.75) is 0 Å². The maximum Gasteiger partial charge on any atom is 0.339 e. The van der Waals surface area contributed by atoms with Crippen LogP contribution in [0.3, 0.4) is 0 Å². The highest BCUT2D eigenvalue weighted by Crippen LogP contribution is 2.31. The van der Waals surface area contributed by atoms with Crippen LogP contribution in [0.15, 0.2) is 16.6 Å². The van der Waals surface area contributed by atoms with E-state index in [4.69, 9.17) is 9.84 Å². The molecule has 1 N–H and O–H groups in total. The lowest BCUT2D eigenvalue weighted by Crippen LogP contribution is -2.01. The maximum absolute atomic E-state index is 12.9. The Bertz CT molecular complexity index is 351. The zero-order valence-corrected chi connectivity index (χ0v) is 8.26. The van der Waals surface area contributed by atoms with Gasteiger partial charge in [-0.25, -0.2) is 9.18 Å². The average molecular weight is 249 g/mol. The van der Waals surface area contributed by atoms with Gasteiger partial charge in [-0.3, -0.25) is 0 Å². The third-order valence-corrected chi connectivity index (χ3v) is 2.22. The normalized spacial score (nSPS) is 9.77. The number of ether oxygens (including phenoxy) is 1. The molecule has 1 rings (SSSR count). The fraction of sp³-hybridized carbons (Fsp3) is 0.125. The predicted octanol–water partition coefficient (Wildman–Crippen LogP) is 2.29. The van der Waals surface area contributed by atoms with Crippen LogP contribution < -0.4 is 4.74 Å². The van der Waals surface area contributed by atoms with Crippen LogP contribution in [0.25, 0.3) is 0 Å². The average Bonchev–Trinajstić information content (AvgIpc) is 2.09. The molecular formula is C8H6BrFO3. The third kappa shape index (κ3) is 1.80. The number of hydrogen-bond donors (Lipinski definition) is 1. The van der Waals surface area contributed by atoms with E-state index < -0.39 is 11.8 Å². The molecule has 0 aliphatic carbocycles. The first kappa shape index (κ1) is 9.98. The molecule has 5 heteroatoms. The predicted molar refractivity (Wildman–Crippen MR) is 47.6 cm³/mol. The number of carboxylic acids is 1. The van der Waals surface area contributed by atoms with E-state index in [-0.39, 0.29) is 15.8 Å². The molecule has 0 saturated heterocycles. The molecule has 13 heavy (non-hydrogen) atoms. The highest BCUT2D eigenvalue weighted by Gasteiger charge is 2.16. The number of halogens is 2. The lowest BCUT2D eigenvalue weighted by Gasteiger charge is -2.06. The molecule has 0 unspecified atom stereocenters. The summed E-state index contributed by atoms with van der Waals surface area (Å²) in [5, 5.41) is 8.69. The van der Waals surface area contributed by atoms with E-state index in [1.165, 1.54) is 7.11 Å². The number of carbonyl (C=O) groups is 1. The van der Waals surface area contributed by atoms with Crippen molar-refractivity contribution in [1.82, 2.24) is 0 Å². The quantitative estimate of drug-likeness (QED) is 0.874. The van der Waals surface area contributed by atoms with E-state index in [0.717, 1.165) is 12.1 Å². The number of rotatable bonds is 2. The molecule has 0 radical (unpaired) electrons. The van der Waals surface area contributed by atoms with Crippen LogP contribution in [0, 0.1) is 5.82 Å². The van der Waals surface area contributed by atoms with Crippen molar-refractivity contribution in [3.63, 3.8) is 0 Å².